The zero-order valence-electron chi connectivity index (χ0n) is 17.3. The minimum atomic E-state index is -0.226. The summed E-state index contributed by atoms with van der Waals surface area (Å²) in [6.07, 6.45) is 0. The first kappa shape index (κ1) is 20.7. The van der Waals surface area contributed by atoms with E-state index in [2.05, 4.69) is 27.2 Å². The van der Waals surface area contributed by atoms with Crippen LogP contribution in [0.5, 0.6) is 0 Å². The second-order valence-electron chi connectivity index (χ2n) is 7.69. The fourth-order valence-corrected chi connectivity index (χ4v) is 4.73. The van der Waals surface area contributed by atoms with E-state index < -0.39 is 0 Å². The molecule has 3 aromatic rings. The molecule has 0 bridgehead atoms. The molecule has 2 heterocycles. The number of carbonyl (C=O) groups is 2. The second kappa shape index (κ2) is 9.04. The summed E-state index contributed by atoms with van der Waals surface area (Å²) in [7, 11) is 0. The summed E-state index contributed by atoms with van der Waals surface area (Å²) in [6, 6.07) is 15.1. The molecule has 0 saturated carbocycles. The van der Waals surface area contributed by atoms with Crippen molar-refractivity contribution >= 4 is 38.9 Å². The van der Waals surface area contributed by atoms with Crippen LogP contribution in [0.1, 0.15) is 29.2 Å². The number of nitrogens with zero attached hydrogens (tertiary/aromatic N) is 3. The standard InChI is InChI=1S/C23H26N4O2S/c1-16(23(29)24-19-7-5-6-18(14-19)17(2)28)27-12-10-26(11-13-27)15-22-25-20-8-3-4-9-21(20)30-22/h3-9,14,16H,10-13,15H2,1-2H3,(H,24,29)/t16-/m1/s1. The van der Waals surface area contributed by atoms with Crippen LogP contribution in [-0.4, -0.2) is 58.7 Å². The molecule has 1 aliphatic heterocycles. The Morgan fingerprint density at radius 1 is 1.10 bits per heavy atom. The molecule has 1 aliphatic rings. The van der Waals surface area contributed by atoms with Gasteiger partial charge < -0.3 is 5.32 Å². The average molecular weight is 423 g/mol. The van der Waals surface area contributed by atoms with Crippen LogP contribution in [0.15, 0.2) is 48.5 Å². The van der Waals surface area contributed by atoms with Crippen LogP contribution in [-0.2, 0) is 11.3 Å². The number of amides is 1. The number of carbonyl (C=O) groups excluding carboxylic acids is 2. The van der Waals surface area contributed by atoms with Crippen LogP contribution in [0.25, 0.3) is 10.2 Å². The summed E-state index contributed by atoms with van der Waals surface area (Å²) >= 11 is 1.75. The minimum absolute atomic E-state index is 0.0107. The lowest BCUT2D eigenvalue weighted by atomic mass is 10.1. The van der Waals surface area contributed by atoms with E-state index in [0.717, 1.165) is 43.2 Å². The normalized spacial score (nSPS) is 16.5. The van der Waals surface area contributed by atoms with Gasteiger partial charge in [-0.25, -0.2) is 4.98 Å². The number of fused-ring (bicyclic) bond motifs is 1. The van der Waals surface area contributed by atoms with Crippen molar-refractivity contribution in [1.29, 1.82) is 0 Å². The highest BCUT2D eigenvalue weighted by atomic mass is 32.1. The zero-order valence-corrected chi connectivity index (χ0v) is 18.1. The predicted octanol–water partition coefficient (Wildman–Crippen LogP) is 3.64. The van der Waals surface area contributed by atoms with Gasteiger partial charge in [0.1, 0.15) is 5.01 Å². The smallest absolute Gasteiger partial charge is 0.241 e. The second-order valence-corrected chi connectivity index (χ2v) is 8.80. The first-order chi connectivity index (χ1) is 14.5. The molecule has 0 radical (unpaired) electrons. The molecule has 4 rings (SSSR count). The van der Waals surface area contributed by atoms with Crippen molar-refractivity contribution < 1.29 is 9.59 Å². The number of nitrogens with one attached hydrogen (secondary N) is 1. The maximum absolute atomic E-state index is 12.7. The van der Waals surface area contributed by atoms with Gasteiger partial charge in [-0.15, -0.1) is 11.3 Å². The fraction of sp³-hybridized carbons (Fsp3) is 0.348. The molecule has 0 unspecified atom stereocenters. The summed E-state index contributed by atoms with van der Waals surface area (Å²) in [4.78, 5) is 33.6. The molecule has 1 aromatic heterocycles. The Balaban J connectivity index is 1.30. The zero-order chi connectivity index (χ0) is 21.1. The van der Waals surface area contributed by atoms with Crippen molar-refractivity contribution in [2.75, 3.05) is 31.5 Å². The van der Waals surface area contributed by atoms with Crippen LogP contribution in [0, 0.1) is 0 Å². The van der Waals surface area contributed by atoms with Crippen LogP contribution >= 0.6 is 11.3 Å². The lowest BCUT2D eigenvalue weighted by Gasteiger charge is -2.37. The van der Waals surface area contributed by atoms with E-state index in [0.29, 0.717) is 11.3 Å². The van der Waals surface area contributed by atoms with Gasteiger partial charge in [0, 0.05) is 37.4 Å². The van der Waals surface area contributed by atoms with Gasteiger partial charge in [-0.05, 0) is 38.1 Å². The largest absolute Gasteiger partial charge is 0.325 e. The molecule has 1 amide bonds. The van der Waals surface area contributed by atoms with E-state index in [1.54, 1.807) is 29.5 Å². The number of rotatable bonds is 6. The Morgan fingerprint density at radius 3 is 2.60 bits per heavy atom. The molecule has 2 aromatic carbocycles. The Labute approximate surface area is 180 Å². The molecule has 30 heavy (non-hydrogen) atoms. The van der Waals surface area contributed by atoms with Gasteiger partial charge in [-0.3, -0.25) is 19.4 Å². The molecule has 1 N–H and O–H groups in total. The van der Waals surface area contributed by atoms with E-state index >= 15 is 0 Å². The van der Waals surface area contributed by atoms with E-state index in [4.69, 9.17) is 4.98 Å². The third-order valence-electron chi connectivity index (χ3n) is 5.57. The van der Waals surface area contributed by atoms with Crippen LogP contribution in [0.2, 0.25) is 0 Å². The van der Waals surface area contributed by atoms with Gasteiger partial charge in [0.2, 0.25) is 5.91 Å². The molecule has 1 atom stereocenters. The highest BCUT2D eigenvalue weighted by Gasteiger charge is 2.26. The van der Waals surface area contributed by atoms with Gasteiger partial charge in [0.25, 0.3) is 0 Å². The number of para-hydroxylation sites is 1. The van der Waals surface area contributed by atoms with Crippen molar-refractivity contribution in [3.63, 3.8) is 0 Å². The Bertz CT molecular complexity index is 1020. The summed E-state index contributed by atoms with van der Waals surface area (Å²) in [5.74, 6) is -0.0567. The average Bonchev–Trinajstić information content (AvgIpc) is 3.16. The molecule has 6 nitrogen and oxygen atoms in total. The number of anilines is 1. The van der Waals surface area contributed by atoms with Crippen LogP contribution in [0.3, 0.4) is 0 Å². The number of Topliss-reactive ketones (excluding diaryl/α,β-unsaturated/α-hetero) is 1. The van der Waals surface area contributed by atoms with Crippen molar-refractivity contribution in [1.82, 2.24) is 14.8 Å². The third kappa shape index (κ3) is 4.75. The van der Waals surface area contributed by atoms with Crippen molar-refractivity contribution in [3.8, 4) is 0 Å². The van der Waals surface area contributed by atoms with E-state index in [1.807, 2.05) is 25.1 Å². The topological polar surface area (TPSA) is 65.5 Å². The molecule has 1 saturated heterocycles. The number of thiazole rings is 1. The Hall–Kier alpha value is -2.61. The van der Waals surface area contributed by atoms with Crippen LogP contribution in [0.4, 0.5) is 5.69 Å². The van der Waals surface area contributed by atoms with Gasteiger partial charge in [-0.2, -0.15) is 0 Å². The summed E-state index contributed by atoms with van der Waals surface area (Å²) in [5.41, 5.74) is 2.33. The number of hydrogen-bond acceptors (Lipinski definition) is 6. The first-order valence-corrected chi connectivity index (χ1v) is 11.0. The number of benzene rings is 2. The lowest BCUT2D eigenvalue weighted by molar-refractivity contribution is -0.121. The predicted molar refractivity (Wildman–Crippen MR) is 121 cm³/mol. The summed E-state index contributed by atoms with van der Waals surface area (Å²) < 4.78 is 1.23. The maximum Gasteiger partial charge on any atom is 0.241 e. The van der Waals surface area contributed by atoms with E-state index in [-0.39, 0.29) is 17.7 Å². The minimum Gasteiger partial charge on any atom is -0.325 e. The molecule has 1 fully saturated rings. The number of ketones is 1. The first-order valence-electron chi connectivity index (χ1n) is 10.2. The molecule has 0 aliphatic carbocycles. The SMILES string of the molecule is CC(=O)c1cccc(NC(=O)[C@@H](C)N2CCN(Cc3nc4ccccc4s3)CC2)c1. The van der Waals surface area contributed by atoms with Gasteiger partial charge >= 0.3 is 0 Å². The highest BCUT2D eigenvalue weighted by Crippen LogP contribution is 2.23. The summed E-state index contributed by atoms with van der Waals surface area (Å²) in [5, 5.41) is 4.09. The van der Waals surface area contributed by atoms with Crippen LogP contribution < -0.4 is 5.32 Å². The van der Waals surface area contributed by atoms with Gasteiger partial charge in [-0.1, -0.05) is 24.3 Å². The number of aromatic nitrogens is 1. The summed E-state index contributed by atoms with van der Waals surface area (Å²) in [6.45, 7) is 7.82. The Kier molecular flexibility index (Phi) is 6.22. The third-order valence-corrected chi connectivity index (χ3v) is 6.59. The van der Waals surface area contributed by atoms with Crippen molar-refractivity contribution in [2.45, 2.75) is 26.4 Å². The number of piperazine rings is 1. The van der Waals surface area contributed by atoms with E-state index in [1.165, 1.54) is 11.6 Å². The Morgan fingerprint density at radius 2 is 1.87 bits per heavy atom. The molecular formula is C23H26N4O2S. The highest BCUT2D eigenvalue weighted by molar-refractivity contribution is 7.18. The molecule has 156 valence electrons. The molecular weight excluding hydrogens is 396 g/mol. The quantitative estimate of drug-likeness (QED) is 0.615. The van der Waals surface area contributed by atoms with Gasteiger partial charge in [0.05, 0.1) is 22.8 Å². The molecule has 7 heteroatoms. The van der Waals surface area contributed by atoms with Crippen molar-refractivity contribution in [2.24, 2.45) is 0 Å². The van der Waals surface area contributed by atoms with Crippen molar-refractivity contribution in [3.05, 3.63) is 59.1 Å². The van der Waals surface area contributed by atoms with Gasteiger partial charge in [0.15, 0.2) is 5.78 Å². The van der Waals surface area contributed by atoms with E-state index in [9.17, 15) is 9.59 Å². The monoisotopic (exact) mass is 422 g/mol. The lowest BCUT2D eigenvalue weighted by Crippen LogP contribution is -2.52. The molecule has 0 spiro atoms. The fourth-order valence-electron chi connectivity index (χ4n) is 3.72. The maximum atomic E-state index is 12.7. The number of hydrogen-bond donors (Lipinski definition) is 1.